The molecule has 1 aromatic rings. The van der Waals surface area contributed by atoms with E-state index in [0.717, 1.165) is 18.5 Å². The molecule has 104 valence electrons. The van der Waals surface area contributed by atoms with Gasteiger partial charge in [-0.15, -0.1) is 11.3 Å². The fraction of sp³-hybridized carbons (Fsp3) is 0.583. The first-order chi connectivity index (χ1) is 9.04. The molecule has 6 nitrogen and oxygen atoms in total. The molecule has 0 bridgehead atoms. The number of thiazole rings is 1. The van der Waals surface area contributed by atoms with E-state index in [9.17, 15) is 9.59 Å². The average Bonchev–Trinajstić information content (AvgIpc) is 2.75. The van der Waals surface area contributed by atoms with Crippen molar-refractivity contribution in [3.63, 3.8) is 0 Å². The first kappa shape index (κ1) is 13.8. The van der Waals surface area contributed by atoms with Crippen molar-refractivity contribution < 1.29 is 9.59 Å². The highest BCUT2D eigenvalue weighted by molar-refractivity contribution is 7.13. The van der Waals surface area contributed by atoms with Crippen molar-refractivity contribution in [2.75, 3.05) is 18.8 Å². The summed E-state index contributed by atoms with van der Waals surface area (Å²) in [6.45, 7) is 2.89. The second-order valence-corrected chi connectivity index (χ2v) is 5.60. The Morgan fingerprint density at radius 3 is 2.74 bits per heavy atom. The van der Waals surface area contributed by atoms with Crippen LogP contribution in [0.15, 0.2) is 5.38 Å². The van der Waals surface area contributed by atoms with Crippen LogP contribution in [-0.4, -0.2) is 40.8 Å². The molecule has 0 aromatic carbocycles. The molecule has 0 unspecified atom stereocenters. The SMILES string of the molecule is CC(=O)NC1CCN(C(=O)Cc2csc(N)n2)CC1. The molecule has 0 radical (unpaired) electrons. The van der Waals surface area contributed by atoms with Crippen molar-refractivity contribution in [1.82, 2.24) is 15.2 Å². The number of nitrogen functional groups attached to an aromatic ring is 1. The van der Waals surface area contributed by atoms with Crippen LogP contribution in [0, 0.1) is 0 Å². The molecule has 3 N–H and O–H groups in total. The third-order valence-corrected chi connectivity index (χ3v) is 3.88. The lowest BCUT2D eigenvalue weighted by Gasteiger charge is -2.32. The minimum Gasteiger partial charge on any atom is -0.375 e. The molecular weight excluding hydrogens is 264 g/mol. The van der Waals surface area contributed by atoms with E-state index < -0.39 is 0 Å². The molecule has 1 aromatic heterocycles. The van der Waals surface area contributed by atoms with Gasteiger partial charge in [0, 0.05) is 31.4 Å². The van der Waals surface area contributed by atoms with Gasteiger partial charge in [0.2, 0.25) is 11.8 Å². The molecule has 19 heavy (non-hydrogen) atoms. The van der Waals surface area contributed by atoms with Gasteiger partial charge in [0.25, 0.3) is 0 Å². The van der Waals surface area contributed by atoms with Gasteiger partial charge in [0.1, 0.15) is 0 Å². The van der Waals surface area contributed by atoms with E-state index in [1.807, 2.05) is 10.3 Å². The zero-order valence-electron chi connectivity index (χ0n) is 10.9. The minimum atomic E-state index is -0.0114. The predicted octanol–water partition coefficient (Wildman–Crippen LogP) is 0.395. The summed E-state index contributed by atoms with van der Waals surface area (Å²) < 4.78 is 0. The summed E-state index contributed by atoms with van der Waals surface area (Å²) in [6.07, 6.45) is 1.92. The smallest absolute Gasteiger partial charge is 0.228 e. The van der Waals surface area contributed by atoms with Crippen LogP contribution in [0.3, 0.4) is 0 Å². The normalized spacial score (nSPS) is 16.4. The van der Waals surface area contributed by atoms with Gasteiger partial charge < -0.3 is 16.0 Å². The van der Waals surface area contributed by atoms with Crippen LogP contribution in [0.2, 0.25) is 0 Å². The van der Waals surface area contributed by atoms with Gasteiger partial charge in [-0.05, 0) is 12.8 Å². The summed E-state index contributed by atoms with van der Waals surface area (Å²) in [7, 11) is 0. The Kier molecular flexibility index (Phi) is 4.36. The molecule has 2 rings (SSSR count). The summed E-state index contributed by atoms with van der Waals surface area (Å²) in [5, 5.41) is 5.20. The van der Waals surface area contributed by atoms with E-state index in [1.165, 1.54) is 18.3 Å². The van der Waals surface area contributed by atoms with E-state index in [0.29, 0.717) is 24.6 Å². The lowest BCUT2D eigenvalue weighted by Crippen LogP contribution is -2.46. The van der Waals surface area contributed by atoms with Crippen molar-refractivity contribution in [3.05, 3.63) is 11.1 Å². The zero-order valence-corrected chi connectivity index (χ0v) is 11.7. The second-order valence-electron chi connectivity index (χ2n) is 4.71. The maximum atomic E-state index is 12.1. The fourth-order valence-corrected chi connectivity index (χ4v) is 2.79. The zero-order chi connectivity index (χ0) is 13.8. The van der Waals surface area contributed by atoms with Gasteiger partial charge in [-0.1, -0.05) is 0 Å². The molecule has 0 saturated carbocycles. The number of nitrogens with two attached hydrogens (primary N) is 1. The monoisotopic (exact) mass is 282 g/mol. The number of carbonyl (C=O) groups is 2. The molecule has 1 fully saturated rings. The molecular formula is C12H18N4O2S. The van der Waals surface area contributed by atoms with Crippen molar-refractivity contribution >= 4 is 28.3 Å². The molecule has 1 aliphatic rings. The summed E-state index contributed by atoms with van der Waals surface area (Å²) in [5.41, 5.74) is 6.27. The van der Waals surface area contributed by atoms with Crippen LogP contribution in [0.1, 0.15) is 25.5 Å². The van der Waals surface area contributed by atoms with Gasteiger partial charge in [-0.25, -0.2) is 4.98 Å². The van der Waals surface area contributed by atoms with Crippen LogP contribution in [0.4, 0.5) is 5.13 Å². The number of hydrogen-bond donors (Lipinski definition) is 2. The molecule has 0 aliphatic carbocycles. The van der Waals surface area contributed by atoms with Crippen LogP contribution in [0.25, 0.3) is 0 Å². The quantitative estimate of drug-likeness (QED) is 0.839. The Hall–Kier alpha value is -1.63. The molecule has 2 heterocycles. The predicted molar refractivity (Wildman–Crippen MR) is 73.6 cm³/mol. The fourth-order valence-electron chi connectivity index (χ4n) is 2.23. The number of rotatable bonds is 3. The van der Waals surface area contributed by atoms with Crippen molar-refractivity contribution in [2.45, 2.75) is 32.2 Å². The van der Waals surface area contributed by atoms with Crippen LogP contribution in [-0.2, 0) is 16.0 Å². The molecule has 0 atom stereocenters. The van der Waals surface area contributed by atoms with E-state index >= 15 is 0 Å². The van der Waals surface area contributed by atoms with Crippen LogP contribution in [0.5, 0.6) is 0 Å². The number of hydrogen-bond acceptors (Lipinski definition) is 5. The topological polar surface area (TPSA) is 88.3 Å². The van der Waals surface area contributed by atoms with Gasteiger partial charge >= 0.3 is 0 Å². The highest BCUT2D eigenvalue weighted by Gasteiger charge is 2.23. The van der Waals surface area contributed by atoms with Gasteiger partial charge in [-0.3, -0.25) is 9.59 Å². The van der Waals surface area contributed by atoms with E-state index in [2.05, 4.69) is 10.3 Å². The number of aromatic nitrogens is 1. The van der Waals surface area contributed by atoms with Crippen LogP contribution < -0.4 is 11.1 Å². The van der Waals surface area contributed by atoms with E-state index in [-0.39, 0.29) is 17.9 Å². The number of anilines is 1. The second kappa shape index (κ2) is 6.01. The summed E-state index contributed by atoms with van der Waals surface area (Å²) in [4.78, 5) is 28.9. The van der Waals surface area contributed by atoms with Gasteiger partial charge in [0.15, 0.2) is 5.13 Å². The van der Waals surface area contributed by atoms with Gasteiger partial charge in [0.05, 0.1) is 12.1 Å². The Balaban J connectivity index is 1.80. The highest BCUT2D eigenvalue weighted by atomic mass is 32.1. The first-order valence-corrected chi connectivity index (χ1v) is 7.17. The number of likely N-dealkylation sites (tertiary alicyclic amines) is 1. The summed E-state index contributed by atoms with van der Waals surface area (Å²) >= 11 is 1.35. The number of nitrogens with one attached hydrogen (secondary N) is 1. The summed E-state index contributed by atoms with van der Waals surface area (Å²) in [6, 6.07) is 0.191. The highest BCUT2D eigenvalue weighted by Crippen LogP contribution is 2.15. The number of piperidine rings is 1. The minimum absolute atomic E-state index is 0.0114. The molecule has 2 amide bonds. The maximum absolute atomic E-state index is 12.1. The third kappa shape index (κ3) is 3.92. The van der Waals surface area contributed by atoms with Gasteiger partial charge in [-0.2, -0.15) is 0 Å². The van der Waals surface area contributed by atoms with Crippen molar-refractivity contribution in [3.8, 4) is 0 Å². The standard InChI is InChI=1S/C12H18N4O2S/c1-8(17)14-9-2-4-16(5-3-9)11(18)6-10-7-19-12(13)15-10/h7,9H,2-6H2,1H3,(H2,13,15)(H,14,17). The Morgan fingerprint density at radius 2 is 2.21 bits per heavy atom. The Morgan fingerprint density at radius 1 is 1.53 bits per heavy atom. The largest absolute Gasteiger partial charge is 0.375 e. The number of amides is 2. The molecule has 7 heteroatoms. The molecule has 0 spiro atoms. The first-order valence-electron chi connectivity index (χ1n) is 6.29. The van der Waals surface area contributed by atoms with E-state index in [1.54, 1.807) is 0 Å². The van der Waals surface area contributed by atoms with Crippen molar-refractivity contribution in [1.29, 1.82) is 0 Å². The summed E-state index contributed by atoms with van der Waals surface area (Å²) in [5.74, 6) is 0.0642. The Bertz CT molecular complexity index is 466. The maximum Gasteiger partial charge on any atom is 0.228 e. The average molecular weight is 282 g/mol. The number of nitrogens with zero attached hydrogens (tertiary/aromatic N) is 2. The molecule has 1 saturated heterocycles. The lowest BCUT2D eigenvalue weighted by atomic mass is 10.0. The number of carbonyl (C=O) groups excluding carboxylic acids is 2. The molecule has 1 aliphatic heterocycles. The van der Waals surface area contributed by atoms with Crippen molar-refractivity contribution in [2.24, 2.45) is 0 Å². The van der Waals surface area contributed by atoms with E-state index in [4.69, 9.17) is 5.73 Å². The Labute approximate surface area is 116 Å². The lowest BCUT2D eigenvalue weighted by molar-refractivity contribution is -0.131. The third-order valence-electron chi connectivity index (χ3n) is 3.16. The van der Waals surface area contributed by atoms with Crippen LogP contribution >= 0.6 is 11.3 Å².